The molecule has 0 aromatic carbocycles. The lowest BCUT2D eigenvalue weighted by molar-refractivity contribution is 0.329. The maximum absolute atomic E-state index is 4.20. The van der Waals surface area contributed by atoms with Gasteiger partial charge in [0, 0.05) is 24.5 Å². The maximum atomic E-state index is 4.20. The lowest BCUT2D eigenvalue weighted by atomic mass is 9.95. The van der Waals surface area contributed by atoms with Crippen molar-refractivity contribution >= 4 is 0 Å². The van der Waals surface area contributed by atoms with E-state index in [1.165, 1.54) is 11.1 Å². The molecule has 0 aliphatic carbocycles. The molecule has 2 heteroatoms. The van der Waals surface area contributed by atoms with E-state index in [0.717, 1.165) is 19.4 Å². The number of pyridine rings is 1. The van der Waals surface area contributed by atoms with Gasteiger partial charge >= 0.3 is 0 Å². The fraction of sp³-hybridized carbons (Fsp3) is 0.615. The van der Waals surface area contributed by atoms with Crippen LogP contribution < -0.4 is 5.32 Å². The summed E-state index contributed by atoms with van der Waals surface area (Å²) in [4.78, 5) is 4.20. The van der Waals surface area contributed by atoms with Crippen molar-refractivity contribution in [1.29, 1.82) is 0 Å². The largest absolute Gasteiger partial charge is 0.307 e. The summed E-state index contributed by atoms with van der Waals surface area (Å²) in [7, 11) is 0. The normalized spacial score (nSPS) is 11.7. The van der Waals surface area contributed by atoms with Gasteiger partial charge in [0.25, 0.3) is 0 Å². The van der Waals surface area contributed by atoms with Crippen LogP contribution in [0.3, 0.4) is 0 Å². The number of nitrogens with one attached hydrogen (secondary N) is 1. The van der Waals surface area contributed by atoms with Crippen LogP contribution in [0.4, 0.5) is 0 Å². The van der Waals surface area contributed by atoms with Crippen LogP contribution in [-0.2, 0) is 6.54 Å². The minimum atomic E-state index is 0.254. The van der Waals surface area contributed by atoms with Crippen LogP contribution in [0.5, 0.6) is 0 Å². The minimum Gasteiger partial charge on any atom is -0.307 e. The summed E-state index contributed by atoms with van der Waals surface area (Å²) in [5.41, 5.74) is 2.75. The van der Waals surface area contributed by atoms with Crippen molar-refractivity contribution in [2.24, 2.45) is 0 Å². The molecule has 0 fully saturated rings. The summed E-state index contributed by atoms with van der Waals surface area (Å²) in [5, 5.41) is 3.60. The molecule has 1 aromatic heterocycles. The molecule has 0 radical (unpaired) electrons. The van der Waals surface area contributed by atoms with Gasteiger partial charge in [-0.25, -0.2) is 0 Å². The van der Waals surface area contributed by atoms with Gasteiger partial charge in [-0.1, -0.05) is 19.9 Å². The molecule has 1 N–H and O–H groups in total. The Hall–Kier alpha value is -0.890. The van der Waals surface area contributed by atoms with Crippen molar-refractivity contribution in [1.82, 2.24) is 10.3 Å². The number of hydrogen-bond donors (Lipinski definition) is 1. The molecular weight excluding hydrogens is 184 g/mol. The van der Waals surface area contributed by atoms with E-state index in [1.807, 2.05) is 12.4 Å². The zero-order valence-electron chi connectivity index (χ0n) is 10.3. The molecule has 0 spiro atoms. The number of aromatic nitrogens is 1. The minimum absolute atomic E-state index is 0.254. The van der Waals surface area contributed by atoms with Gasteiger partial charge < -0.3 is 5.32 Å². The summed E-state index contributed by atoms with van der Waals surface area (Å²) in [6.45, 7) is 9.72. The molecule has 0 aliphatic heterocycles. The average Bonchev–Trinajstić information content (AvgIpc) is 2.26. The molecule has 0 atom stereocenters. The number of rotatable bonds is 5. The fourth-order valence-electron chi connectivity index (χ4n) is 1.53. The third kappa shape index (κ3) is 3.63. The molecule has 2 nitrogen and oxygen atoms in total. The van der Waals surface area contributed by atoms with Gasteiger partial charge in [-0.05, 0) is 37.8 Å². The predicted octanol–water partition coefficient (Wildman–Crippen LogP) is 3.06. The van der Waals surface area contributed by atoms with Crippen molar-refractivity contribution in [2.45, 2.75) is 52.6 Å². The molecule has 1 aromatic rings. The Morgan fingerprint density at radius 1 is 1.27 bits per heavy atom. The third-order valence-corrected chi connectivity index (χ3v) is 3.21. The maximum Gasteiger partial charge on any atom is 0.0313 e. The van der Waals surface area contributed by atoms with Gasteiger partial charge in [-0.3, -0.25) is 4.98 Å². The van der Waals surface area contributed by atoms with Crippen LogP contribution >= 0.6 is 0 Å². The smallest absolute Gasteiger partial charge is 0.0313 e. The van der Waals surface area contributed by atoms with Crippen molar-refractivity contribution in [3.63, 3.8) is 0 Å². The van der Waals surface area contributed by atoms with E-state index >= 15 is 0 Å². The molecule has 0 amide bonds. The highest BCUT2D eigenvalue weighted by atomic mass is 15.0. The van der Waals surface area contributed by atoms with E-state index in [9.17, 15) is 0 Å². The monoisotopic (exact) mass is 206 g/mol. The SMILES string of the molecule is CCC(C)(CC)NCc1cncc(C)c1. The molecule has 0 bridgehead atoms. The highest BCUT2D eigenvalue weighted by molar-refractivity contribution is 5.16. The second-order valence-electron chi connectivity index (χ2n) is 4.49. The third-order valence-electron chi connectivity index (χ3n) is 3.21. The predicted molar refractivity (Wildman–Crippen MR) is 64.8 cm³/mol. The summed E-state index contributed by atoms with van der Waals surface area (Å²) < 4.78 is 0. The molecule has 0 aliphatic rings. The second kappa shape index (κ2) is 5.26. The second-order valence-corrected chi connectivity index (χ2v) is 4.49. The molecule has 0 unspecified atom stereocenters. The van der Waals surface area contributed by atoms with Gasteiger partial charge in [-0.15, -0.1) is 0 Å². The Labute approximate surface area is 93.1 Å². The summed E-state index contributed by atoms with van der Waals surface area (Å²) in [5.74, 6) is 0. The van der Waals surface area contributed by atoms with Crippen LogP contribution in [0.1, 0.15) is 44.7 Å². The molecule has 1 heterocycles. The van der Waals surface area contributed by atoms with Crippen molar-refractivity contribution in [3.8, 4) is 0 Å². The van der Waals surface area contributed by atoms with E-state index in [4.69, 9.17) is 0 Å². The standard InChI is InChI=1S/C13H22N2/c1-5-13(4,6-2)15-10-12-7-11(3)8-14-9-12/h7-9,15H,5-6,10H2,1-4H3. The zero-order chi connectivity index (χ0) is 11.3. The van der Waals surface area contributed by atoms with Gasteiger partial charge in [0.05, 0.1) is 0 Å². The van der Waals surface area contributed by atoms with Gasteiger partial charge in [0.15, 0.2) is 0 Å². The molecule has 0 saturated carbocycles. The molecule has 0 saturated heterocycles. The Morgan fingerprint density at radius 2 is 1.93 bits per heavy atom. The Kier molecular flexibility index (Phi) is 4.28. The van der Waals surface area contributed by atoms with Crippen LogP contribution in [-0.4, -0.2) is 10.5 Å². The number of aryl methyl sites for hydroxylation is 1. The van der Waals surface area contributed by atoms with Crippen molar-refractivity contribution in [3.05, 3.63) is 29.6 Å². The Morgan fingerprint density at radius 3 is 2.47 bits per heavy atom. The lowest BCUT2D eigenvalue weighted by Gasteiger charge is -2.28. The van der Waals surface area contributed by atoms with Gasteiger partial charge in [0.1, 0.15) is 0 Å². The summed E-state index contributed by atoms with van der Waals surface area (Å²) in [6.07, 6.45) is 6.14. The summed E-state index contributed by atoms with van der Waals surface area (Å²) in [6, 6.07) is 2.19. The fourth-order valence-corrected chi connectivity index (χ4v) is 1.53. The van der Waals surface area contributed by atoms with Gasteiger partial charge in [-0.2, -0.15) is 0 Å². The highest BCUT2D eigenvalue weighted by Crippen LogP contribution is 2.14. The topological polar surface area (TPSA) is 24.9 Å². The number of hydrogen-bond acceptors (Lipinski definition) is 2. The lowest BCUT2D eigenvalue weighted by Crippen LogP contribution is -2.40. The van der Waals surface area contributed by atoms with E-state index in [2.05, 4.69) is 44.1 Å². The van der Waals surface area contributed by atoms with Gasteiger partial charge in [0.2, 0.25) is 0 Å². The summed E-state index contributed by atoms with van der Waals surface area (Å²) >= 11 is 0. The van der Waals surface area contributed by atoms with Crippen LogP contribution in [0.2, 0.25) is 0 Å². The van der Waals surface area contributed by atoms with E-state index in [1.54, 1.807) is 0 Å². The average molecular weight is 206 g/mol. The van der Waals surface area contributed by atoms with E-state index in [-0.39, 0.29) is 5.54 Å². The molecule has 84 valence electrons. The first-order valence-corrected chi connectivity index (χ1v) is 5.75. The number of nitrogens with zero attached hydrogens (tertiary/aromatic N) is 1. The molecule has 15 heavy (non-hydrogen) atoms. The van der Waals surface area contributed by atoms with Crippen LogP contribution in [0, 0.1) is 6.92 Å². The first-order valence-electron chi connectivity index (χ1n) is 5.75. The Bertz CT molecular complexity index is 303. The van der Waals surface area contributed by atoms with Crippen LogP contribution in [0.25, 0.3) is 0 Å². The first kappa shape index (κ1) is 12.2. The van der Waals surface area contributed by atoms with E-state index in [0.29, 0.717) is 0 Å². The van der Waals surface area contributed by atoms with Crippen molar-refractivity contribution < 1.29 is 0 Å². The van der Waals surface area contributed by atoms with Crippen molar-refractivity contribution in [2.75, 3.05) is 0 Å². The Balaban J connectivity index is 2.56. The highest BCUT2D eigenvalue weighted by Gasteiger charge is 2.17. The molecular formula is C13H22N2. The first-order chi connectivity index (χ1) is 7.09. The van der Waals surface area contributed by atoms with Crippen LogP contribution in [0.15, 0.2) is 18.5 Å². The molecule has 1 rings (SSSR count). The van der Waals surface area contributed by atoms with E-state index < -0.39 is 0 Å². The quantitative estimate of drug-likeness (QED) is 0.801. The zero-order valence-corrected chi connectivity index (χ0v) is 10.3.